The van der Waals surface area contributed by atoms with Gasteiger partial charge in [0, 0.05) is 46.8 Å². The van der Waals surface area contributed by atoms with Crippen LogP contribution in [0.25, 0.3) is 10.8 Å². The highest BCUT2D eigenvalue weighted by Gasteiger charge is 2.07. The first-order valence-corrected chi connectivity index (χ1v) is 8.51. The van der Waals surface area contributed by atoms with Crippen LogP contribution in [-0.4, -0.2) is 20.4 Å². The van der Waals surface area contributed by atoms with Crippen LogP contribution < -0.4 is 10.2 Å². The first kappa shape index (κ1) is 14.8. The van der Waals surface area contributed by atoms with Gasteiger partial charge in [-0.05, 0) is 42.7 Å². The number of anilines is 3. The van der Waals surface area contributed by atoms with Crippen LogP contribution in [0.15, 0.2) is 65.6 Å². The third kappa shape index (κ3) is 2.90. The summed E-state index contributed by atoms with van der Waals surface area (Å²) in [6, 6.07) is 21.4. The summed E-state index contributed by atoms with van der Waals surface area (Å²) in [4.78, 5) is 3.43. The van der Waals surface area contributed by atoms with E-state index >= 15 is 0 Å². The van der Waals surface area contributed by atoms with Crippen LogP contribution in [0.2, 0.25) is 0 Å². The molecule has 3 heteroatoms. The summed E-state index contributed by atoms with van der Waals surface area (Å²) >= 11 is 1.76. The number of nitrogens with one attached hydrogen (secondary N) is 1. The van der Waals surface area contributed by atoms with E-state index in [-0.39, 0.29) is 0 Å². The molecule has 22 heavy (non-hydrogen) atoms. The lowest BCUT2D eigenvalue weighted by molar-refractivity contribution is 1.14. The minimum Gasteiger partial charge on any atom is -0.377 e. The summed E-state index contributed by atoms with van der Waals surface area (Å²) in [6.07, 6.45) is 2.09. The van der Waals surface area contributed by atoms with Crippen molar-refractivity contribution in [1.29, 1.82) is 0 Å². The Morgan fingerprint density at radius 3 is 2.14 bits per heavy atom. The van der Waals surface area contributed by atoms with Gasteiger partial charge in [-0.1, -0.05) is 24.3 Å². The Balaban J connectivity index is 2.02. The maximum atomic E-state index is 3.54. The third-order valence-electron chi connectivity index (χ3n) is 3.75. The van der Waals surface area contributed by atoms with Crippen LogP contribution in [0, 0.1) is 0 Å². The number of hydrogen-bond donors (Lipinski definition) is 1. The zero-order valence-corrected chi connectivity index (χ0v) is 13.9. The SMILES string of the molecule is CSc1ccc(Nc2ccc(N(C)C)c3ccccc23)cc1. The van der Waals surface area contributed by atoms with E-state index in [0.717, 1.165) is 11.4 Å². The summed E-state index contributed by atoms with van der Waals surface area (Å²) in [7, 11) is 4.16. The predicted molar refractivity (Wildman–Crippen MR) is 99.8 cm³/mol. The topological polar surface area (TPSA) is 15.3 Å². The molecule has 3 aromatic rings. The summed E-state index contributed by atoms with van der Waals surface area (Å²) < 4.78 is 0. The van der Waals surface area contributed by atoms with Crippen molar-refractivity contribution < 1.29 is 0 Å². The van der Waals surface area contributed by atoms with Crippen LogP contribution >= 0.6 is 11.8 Å². The molecule has 0 unspecified atom stereocenters. The smallest absolute Gasteiger partial charge is 0.0465 e. The molecule has 2 nitrogen and oxygen atoms in total. The fourth-order valence-corrected chi connectivity index (χ4v) is 3.02. The van der Waals surface area contributed by atoms with Gasteiger partial charge in [0.05, 0.1) is 0 Å². The van der Waals surface area contributed by atoms with E-state index in [4.69, 9.17) is 0 Å². The predicted octanol–water partition coefficient (Wildman–Crippen LogP) is 5.37. The highest BCUT2D eigenvalue weighted by atomic mass is 32.2. The van der Waals surface area contributed by atoms with Crippen LogP contribution in [-0.2, 0) is 0 Å². The molecule has 0 aromatic heterocycles. The molecule has 0 atom stereocenters. The van der Waals surface area contributed by atoms with Crippen molar-refractivity contribution in [2.75, 3.05) is 30.6 Å². The van der Waals surface area contributed by atoms with Gasteiger partial charge >= 0.3 is 0 Å². The Morgan fingerprint density at radius 2 is 1.50 bits per heavy atom. The zero-order chi connectivity index (χ0) is 15.5. The van der Waals surface area contributed by atoms with E-state index in [0.29, 0.717) is 0 Å². The summed E-state index contributed by atoms with van der Waals surface area (Å²) in [6.45, 7) is 0. The van der Waals surface area contributed by atoms with Gasteiger partial charge in [-0.2, -0.15) is 0 Å². The number of fused-ring (bicyclic) bond motifs is 1. The van der Waals surface area contributed by atoms with E-state index in [1.807, 2.05) is 0 Å². The molecule has 3 aromatic carbocycles. The number of hydrogen-bond acceptors (Lipinski definition) is 3. The lowest BCUT2D eigenvalue weighted by Gasteiger charge is -2.18. The van der Waals surface area contributed by atoms with Crippen molar-refractivity contribution in [2.45, 2.75) is 4.90 Å². The van der Waals surface area contributed by atoms with Gasteiger partial charge in [-0.25, -0.2) is 0 Å². The van der Waals surface area contributed by atoms with Gasteiger partial charge in [0.15, 0.2) is 0 Å². The van der Waals surface area contributed by atoms with E-state index in [2.05, 4.69) is 91.2 Å². The van der Waals surface area contributed by atoms with E-state index < -0.39 is 0 Å². The molecule has 0 bridgehead atoms. The molecule has 1 N–H and O–H groups in total. The fourth-order valence-electron chi connectivity index (χ4n) is 2.61. The monoisotopic (exact) mass is 308 g/mol. The van der Waals surface area contributed by atoms with Gasteiger partial charge in [0.2, 0.25) is 0 Å². The highest BCUT2D eigenvalue weighted by Crippen LogP contribution is 2.33. The lowest BCUT2D eigenvalue weighted by atomic mass is 10.1. The van der Waals surface area contributed by atoms with Crippen LogP contribution in [0.3, 0.4) is 0 Å². The molecule has 0 aliphatic rings. The second-order valence-electron chi connectivity index (χ2n) is 5.43. The van der Waals surface area contributed by atoms with Crippen LogP contribution in [0.1, 0.15) is 0 Å². The number of rotatable bonds is 4. The van der Waals surface area contributed by atoms with Crippen molar-refractivity contribution in [1.82, 2.24) is 0 Å². The average Bonchev–Trinajstić information content (AvgIpc) is 2.55. The molecule has 3 rings (SSSR count). The summed E-state index contributed by atoms with van der Waals surface area (Å²) in [5.74, 6) is 0. The number of benzene rings is 3. The highest BCUT2D eigenvalue weighted by molar-refractivity contribution is 7.98. The van der Waals surface area contributed by atoms with Crippen LogP contribution in [0.5, 0.6) is 0 Å². The minimum atomic E-state index is 1.11. The molecule has 0 saturated heterocycles. The third-order valence-corrected chi connectivity index (χ3v) is 4.50. The molecule has 0 aliphatic heterocycles. The quantitative estimate of drug-likeness (QED) is 0.652. The largest absolute Gasteiger partial charge is 0.377 e. The van der Waals surface area contributed by atoms with E-state index in [1.54, 1.807) is 11.8 Å². The van der Waals surface area contributed by atoms with Crippen molar-refractivity contribution in [3.05, 3.63) is 60.7 Å². The molecular formula is C19H20N2S. The molecule has 0 amide bonds. The second kappa shape index (κ2) is 6.32. The fraction of sp³-hybridized carbons (Fsp3) is 0.158. The van der Waals surface area contributed by atoms with Crippen LogP contribution in [0.4, 0.5) is 17.1 Å². The Morgan fingerprint density at radius 1 is 0.818 bits per heavy atom. The second-order valence-corrected chi connectivity index (χ2v) is 6.31. The molecule has 0 saturated carbocycles. The van der Waals surface area contributed by atoms with Gasteiger partial charge in [-0.3, -0.25) is 0 Å². The van der Waals surface area contributed by atoms with Gasteiger partial charge in [0.1, 0.15) is 0 Å². The molecule has 0 spiro atoms. The zero-order valence-electron chi connectivity index (χ0n) is 13.1. The molecular weight excluding hydrogens is 288 g/mol. The van der Waals surface area contributed by atoms with Gasteiger partial charge in [0.25, 0.3) is 0 Å². The first-order valence-electron chi connectivity index (χ1n) is 7.29. The first-order chi connectivity index (χ1) is 10.7. The Labute approximate surface area is 136 Å². The minimum absolute atomic E-state index is 1.11. The summed E-state index contributed by atoms with van der Waals surface area (Å²) in [5, 5.41) is 6.04. The molecule has 112 valence electrons. The van der Waals surface area contributed by atoms with Crippen molar-refractivity contribution in [2.24, 2.45) is 0 Å². The normalized spacial score (nSPS) is 10.7. The Kier molecular flexibility index (Phi) is 4.25. The van der Waals surface area contributed by atoms with Crippen molar-refractivity contribution >= 4 is 39.6 Å². The molecule has 0 heterocycles. The number of thioether (sulfide) groups is 1. The van der Waals surface area contributed by atoms with Crippen molar-refractivity contribution in [3.63, 3.8) is 0 Å². The average molecular weight is 308 g/mol. The Bertz CT molecular complexity index is 779. The van der Waals surface area contributed by atoms with Gasteiger partial charge in [-0.15, -0.1) is 11.8 Å². The summed E-state index contributed by atoms with van der Waals surface area (Å²) in [5.41, 5.74) is 3.48. The van der Waals surface area contributed by atoms with E-state index in [9.17, 15) is 0 Å². The Hall–Kier alpha value is -2.13. The van der Waals surface area contributed by atoms with E-state index in [1.165, 1.54) is 21.4 Å². The lowest BCUT2D eigenvalue weighted by Crippen LogP contribution is -2.09. The number of nitrogens with zero attached hydrogens (tertiary/aromatic N) is 1. The molecule has 0 fully saturated rings. The maximum absolute atomic E-state index is 3.54. The standard InChI is InChI=1S/C19H20N2S/c1-21(2)19-13-12-18(16-6-4-5-7-17(16)19)20-14-8-10-15(22-3)11-9-14/h4-13,20H,1-3H3. The molecule has 0 aliphatic carbocycles. The van der Waals surface area contributed by atoms with Crippen molar-refractivity contribution in [3.8, 4) is 0 Å². The van der Waals surface area contributed by atoms with Gasteiger partial charge < -0.3 is 10.2 Å². The maximum Gasteiger partial charge on any atom is 0.0465 e. The molecule has 0 radical (unpaired) electrons.